The van der Waals surface area contributed by atoms with Crippen LogP contribution in [0.4, 0.5) is 26.3 Å². The van der Waals surface area contributed by atoms with Crippen molar-refractivity contribution in [2.24, 2.45) is 5.92 Å². The number of benzene rings is 2. The highest BCUT2D eigenvalue weighted by atomic mass is 19.4. The number of halogens is 6. The molecule has 3 aromatic rings. The van der Waals surface area contributed by atoms with Crippen LogP contribution in [0.1, 0.15) is 85.0 Å². The number of aromatic nitrogens is 1. The van der Waals surface area contributed by atoms with Crippen LogP contribution in [0.3, 0.4) is 0 Å². The number of rotatable bonds is 12. The molecule has 53 heavy (non-hydrogen) atoms. The Balaban J connectivity index is 1.57. The van der Waals surface area contributed by atoms with E-state index in [9.17, 15) is 37.1 Å². The van der Waals surface area contributed by atoms with Crippen molar-refractivity contribution in [3.63, 3.8) is 0 Å². The van der Waals surface area contributed by atoms with Crippen molar-refractivity contribution in [3.8, 4) is 23.5 Å². The minimum absolute atomic E-state index is 0.0616. The maximum absolute atomic E-state index is 16.6. The van der Waals surface area contributed by atoms with Crippen LogP contribution >= 0.6 is 0 Å². The topological polar surface area (TPSA) is 101 Å². The predicted molar refractivity (Wildman–Crippen MR) is 185 cm³/mol. The zero-order chi connectivity index (χ0) is 38.9. The Hall–Kier alpha value is -4.61. The molecule has 14 heteroatoms. The summed E-state index contributed by atoms with van der Waals surface area (Å²) in [6.07, 6.45) is 2.23. The Kier molecular flexibility index (Phi) is 11.8. The number of carboxylic acid groups (broad SMARTS) is 1. The molecular weight excluding hydrogens is 704 g/mol. The summed E-state index contributed by atoms with van der Waals surface area (Å²) in [7, 11) is 0. The summed E-state index contributed by atoms with van der Waals surface area (Å²) in [6, 6.07) is 0.280. The van der Waals surface area contributed by atoms with E-state index >= 15 is 8.78 Å². The first-order valence-corrected chi connectivity index (χ1v) is 17.3. The lowest BCUT2D eigenvalue weighted by molar-refractivity contribution is -0.139. The molecule has 0 radical (unpaired) electrons. The third-order valence-electron chi connectivity index (χ3n) is 10.0. The van der Waals surface area contributed by atoms with E-state index in [0.29, 0.717) is 19.3 Å². The summed E-state index contributed by atoms with van der Waals surface area (Å²) in [5.74, 6) is -3.85. The number of aryl methyl sites for hydroxylation is 2. The summed E-state index contributed by atoms with van der Waals surface area (Å²) in [6.45, 7) is 7.57. The van der Waals surface area contributed by atoms with E-state index in [1.54, 1.807) is 13.8 Å². The molecule has 2 N–H and O–H groups in total. The number of terminal acetylenes is 1. The summed E-state index contributed by atoms with van der Waals surface area (Å²) in [5, 5.41) is 12.2. The van der Waals surface area contributed by atoms with E-state index in [4.69, 9.17) is 11.2 Å². The van der Waals surface area contributed by atoms with Gasteiger partial charge < -0.3 is 19.7 Å². The lowest BCUT2D eigenvalue weighted by Gasteiger charge is -2.34. The van der Waals surface area contributed by atoms with E-state index < -0.39 is 70.7 Å². The van der Waals surface area contributed by atoms with Crippen LogP contribution in [0.5, 0.6) is 0 Å². The predicted octanol–water partition coefficient (Wildman–Crippen LogP) is 6.87. The number of hydrogen-bond donors (Lipinski definition) is 2. The number of amides is 1. The molecule has 2 bridgehead atoms. The molecule has 2 aliphatic rings. The number of nitrogens with one attached hydrogen (secondary N) is 1. The van der Waals surface area contributed by atoms with Crippen molar-refractivity contribution in [2.45, 2.75) is 90.1 Å². The molecule has 2 saturated heterocycles. The first-order chi connectivity index (χ1) is 24.9. The van der Waals surface area contributed by atoms with Gasteiger partial charge in [0.1, 0.15) is 23.5 Å². The molecule has 0 spiro atoms. The molecule has 2 fully saturated rings. The first kappa shape index (κ1) is 39.6. The van der Waals surface area contributed by atoms with Gasteiger partial charge >= 0.3 is 12.1 Å². The van der Waals surface area contributed by atoms with Gasteiger partial charge in [-0.1, -0.05) is 19.8 Å². The quantitative estimate of drug-likeness (QED) is 0.155. The van der Waals surface area contributed by atoms with Crippen LogP contribution < -0.4 is 10.9 Å². The van der Waals surface area contributed by atoms with Crippen LogP contribution in [-0.2, 0) is 26.9 Å². The zero-order valence-electron chi connectivity index (χ0n) is 29.8. The number of carbonyl (C=O) groups excluding carboxylic acids is 1. The second-order valence-corrected chi connectivity index (χ2v) is 14.2. The van der Waals surface area contributed by atoms with E-state index in [0.717, 1.165) is 41.8 Å². The number of fused-ring (bicyclic) bond motifs is 2. The first-order valence-electron chi connectivity index (χ1n) is 17.3. The van der Waals surface area contributed by atoms with Gasteiger partial charge in [0, 0.05) is 47.6 Å². The van der Waals surface area contributed by atoms with Crippen molar-refractivity contribution in [2.75, 3.05) is 19.8 Å². The summed E-state index contributed by atoms with van der Waals surface area (Å²) in [4.78, 5) is 41.7. The van der Waals surface area contributed by atoms with Gasteiger partial charge in [-0.15, -0.1) is 6.42 Å². The molecule has 1 amide bonds. The van der Waals surface area contributed by atoms with Gasteiger partial charge in [-0.3, -0.25) is 19.3 Å². The molecule has 2 aliphatic heterocycles. The molecule has 5 rings (SSSR count). The SMILES string of the molecule is C#Cc1cc(F)c([C@H](CC(=O)O)NC(=O)[C@@H](CC(C)C)n2cc(CCN3C4CCC3COC4)c(C(F)(F)F)cc2=O)c(F)c1-c1c(C)cc(F)cc1C. The zero-order valence-corrected chi connectivity index (χ0v) is 29.8. The lowest BCUT2D eigenvalue weighted by atomic mass is 9.88. The number of pyridine rings is 1. The highest BCUT2D eigenvalue weighted by Crippen LogP contribution is 2.39. The van der Waals surface area contributed by atoms with Gasteiger partial charge in [0.15, 0.2) is 0 Å². The average Bonchev–Trinajstić information content (AvgIpc) is 3.26. The molecule has 0 saturated carbocycles. The second kappa shape index (κ2) is 15.8. The highest BCUT2D eigenvalue weighted by Gasteiger charge is 2.39. The van der Waals surface area contributed by atoms with Gasteiger partial charge in [0.05, 0.1) is 31.2 Å². The number of alkyl halides is 3. The minimum atomic E-state index is -4.88. The van der Waals surface area contributed by atoms with Crippen molar-refractivity contribution in [1.29, 1.82) is 0 Å². The second-order valence-electron chi connectivity index (χ2n) is 14.2. The van der Waals surface area contributed by atoms with Gasteiger partial charge in [-0.25, -0.2) is 13.2 Å². The number of ether oxygens (including phenoxy) is 1. The van der Waals surface area contributed by atoms with Gasteiger partial charge in [0.2, 0.25) is 5.91 Å². The molecule has 2 aromatic carbocycles. The summed E-state index contributed by atoms with van der Waals surface area (Å²) in [5.41, 5.74) is -3.23. The molecule has 4 atom stereocenters. The molecule has 1 aromatic heterocycles. The van der Waals surface area contributed by atoms with Crippen LogP contribution in [0.2, 0.25) is 0 Å². The molecule has 3 heterocycles. The number of carboxylic acids is 1. The Labute approximate surface area is 303 Å². The fourth-order valence-electron chi connectivity index (χ4n) is 7.70. The number of hydrogen-bond acceptors (Lipinski definition) is 5. The standard InChI is InChI=1S/C39H41F6N3O5/c1-6-23-14-29(41)36(37(42)35(23)34-21(4)12-25(40)13-22(34)5)30(16-33(50)51)46-38(52)31(11-20(2)3)48-17-24(28(15-32(48)49)39(43,44)45)9-10-47-26-7-8-27(47)19-53-18-26/h1,12-15,17,20,26-27,30-31H,7-11,16,18-19H2,2-5H3,(H,46,52)(H,50,51)/t26?,27?,30-,31+/m0/s1. The van der Waals surface area contributed by atoms with Crippen molar-refractivity contribution in [1.82, 2.24) is 14.8 Å². The molecule has 8 nitrogen and oxygen atoms in total. The molecule has 284 valence electrons. The third kappa shape index (κ3) is 8.47. The van der Waals surface area contributed by atoms with E-state index in [2.05, 4.69) is 16.1 Å². The highest BCUT2D eigenvalue weighted by molar-refractivity contribution is 5.83. The number of nitrogens with zero attached hydrogens (tertiary/aromatic N) is 2. The Bertz CT molecular complexity index is 1960. The Morgan fingerprint density at radius 3 is 2.21 bits per heavy atom. The molecule has 0 aliphatic carbocycles. The fourth-order valence-corrected chi connectivity index (χ4v) is 7.70. The van der Waals surface area contributed by atoms with E-state index in [1.807, 2.05) is 0 Å². The van der Waals surface area contributed by atoms with E-state index in [1.165, 1.54) is 13.8 Å². The number of morpholine rings is 1. The summed E-state index contributed by atoms with van der Waals surface area (Å²) < 4.78 is 95.9. The fraction of sp³-hybridized carbons (Fsp3) is 0.462. The maximum atomic E-state index is 16.6. The molecular formula is C39H41F6N3O5. The van der Waals surface area contributed by atoms with Crippen molar-refractivity contribution < 1.29 is 45.8 Å². The minimum Gasteiger partial charge on any atom is -0.481 e. The van der Waals surface area contributed by atoms with Crippen LogP contribution in [0.15, 0.2) is 35.3 Å². The number of aliphatic carboxylic acids is 1. The average molecular weight is 746 g/mol. The molecule has 2 unspecified atom stereocenters. The third-order valence-corrected chi connectivity index (χ3v) is 10.0. The lowest BCUT2D eigenvalue weighted by Crippen LogP contribution is -2.46. The number of carbonyl (C=O) groups is 2. The Morgan fingerprint density at radius 2 is 1.66 bits per heavy atom. The summed E-state index contributed by atoms with van der Waals surface area (Å²) >= 11 is 0. The van der Waals surface area contributed by atoms with Crippen LogP contribution in [0.25, 0.3) is 11.1 Å². The van der Waals surface area contributed by atoms with Crippen molar-refractivity contribution >= 4 is 11.9 Å². The van der Waals surface area contributed by atoms with Gasteiger partial charge in [0.25, 0.3) is 5.56 Å². The monoisotopic (exact) mass is 745 g/mol. The smallest absolute Gasteiger partial charge is 0.416 e. The van der Waals surface area contributed by atoms with Crippen LogP contribution in [0, 0.1) is 49.6 Å². The van der Waals surface area contributed by atoms with Crippen molar-refractivity contribution in [3.05, 3.63) is 91.6 Å². The largest absolute Gasteiger partial charge is 0.481 e. The van der Waals surface area contributed by atoms with Gasteiger partial charge in [-0.2, -0.15) is 13.2 Å². The normalized spacial score (nSPS) is 18.5. The Morgan fingerprint density at radius 1 is 1.04 bits per heavy atom. The van der Waals surface area contributed by atoms with Crippen LogP contribution in [-0.4, -0.2) is 58.3 Å². The maximum Gasteiger partial charge on any atom is 0.416 e. The van der Waals surface area contributed by atoms with Gasteiger partial charge in [-0.05, 0) is 85.9 Å². The van der Waals surface area contributed by atoms with E-state index in [-0.39, 0.29) is 70.8 Å².